The van der Waals surface area contributed by atoms with Crippen LogP contribution in [0.4, 0.5) is 14.5 Å². The molecule has 1 aromatic carbocycles. The van der Waals surface area contributed by atoms with Crippen LogP contribution in [0.1, 0.15) is 23.7 Å². The maximum atomic E-state index is 13.7. The number of amides is 1. The molecular formula is C12H14F2N2O4. The molecule has 0 aliphatic heterocycles. The number of rotatable bonds is 6. The Balaban J connectivity index is 3.15. The van der Waals surface area contributed by atoms with Gasteiger partial charge >= 0.3 is 5.69 Å². The van der Waals surface area contributed by atoms with E-state index in [-0.39, 0.29) is 19.7 Å². The zero-order valence-electron chi connectivity index (χ0n) is 10.8. The highest BCUT2D eigenvalue weighted by atomic mass is 19.1. The number of benzene rings is 1. The highest BCUT2D eigenvalue weighted by Gasteiger charge is 2.24. The Morgan fingerprint density at radius 3 is 2.50 bits per heavy atom. The van der Waals surface area contributed by atoms with Crippen LogP contribution in [0, 0.1) is 21.7 Å². The van der Waals surface area contributed by atoms with Crippen LogP contribution in [0.2, 0.25) is 0 Å². The summed E-state index contributed by atoms with van der Waals surface area (Å²) < 4.78 is 27.1. The predicted octanol–water partition coefficient (Wildman–Crippen LogP) is 1.72. The molecule has 0 fully saturated rings. The Labute approximate surface area is 113 Å². The fourth-order valence-corrected chi connectivity index (χ4v) is 1.72. The van der Waals surface area contributed by atoms with Crippen LogP contribution in [-0.4, -0.2) is 40.5 Å². The zero-order valence-corrected chi connectivity index (χ0v) is 10.8. The van der Waals surface area contributed by atoms with E-state index < -0.39 is 33.7 Å². The lowest BCUT2D eigenvalue weighted by molar-refractivity contribution is -0.387. The number of carbonyl (C=O) groups is 1. The van der Waals surface area contributed by atoms with Gasteiger partial charge in [-0.15, -0.1) is 0 Å². The van der Waals surface area contributed by atoms with Crippen LogP contribution in [-0.2, 0) is 0 Å². The number of nitro benzene ring substituents is 1. The Kier molecular flexibility index (Phi) is 5.51. The molecule has 1 amide bonds. The largest absolute Gasteiger partial charge is 0.395 e. The molecule has 0 bridgehead atoms. The van der Waals surface area contributed by atoms with Gasteiger partial charge in [-0.1, -0.05) is 6.92 Å². The van der Waals surface area contributed by atoms with Crippen molar-refractivity contribution in [3.05, 3.63) is 39.4 Å². The number of hydrogen-bond donors (Lipinski definition) is 1. The molecule has 1 aromatic rings. The molecule has 6 nitrogen and oxygen atoms in total. The lowest BCUT2D eigenvalue weighted by Crippen LogP contribution is -2.34. The predicted molar refractivity (Wildman–Crippen MR) is 66.3 cm³/mol. The second-order valence-corrected chi connectivity index (χ2v) is 4.06. The number of aliphatic hydroxyl groups excluding tert-OH is 1. The Hall–Kier alpha value is -2.09. The van der Waals surface area contributed by atoms with E-state index in [4.69, 9.17) is 5.11 Å². The van der Waals surface area contributed by atoms with Crippen molar-refractivity contribution < 1.29 is 23.6 Å². The minimum Gasteiger partial charge on any atom is -0.395 e. The first-order chi connectivity index (χ1) is 9.42. The summed E-state index contributed by atoms with van der Waals surface area (Å²) in [6.45, 7) is 1.70. The van der Waals surface area contributed by atoms with Gasteiger partial charge in [0.25, 0.3) is 5.91 Å². The van der Waals surface area contributed by atoms with Crippen LogP contribution < -0.4 is 0 Å². The maximum absolute atomic E-state index is 13.7. The van der Waals surface area contributed by atoms with Crippen LogP contribution >= 0.6 is 0 Å². The monoisotopic (exact) mass is 288 g/mol. The molecule has 0 heterocycles. The summed E-state index contributed by atoms with van der Waals surface area (Å²) >= 11 is 0. The van der Waals surface area contributed by atoms with Gasteiger partial charge in [0, 0.05) is 13.1 Å². The van der Waals surface area contributed by atoms with E-state index >= 15 is 0 Å². The Morgan fingerprint density at radius 1 is 1.35 bits per heavy atom. The number of carbonyl (C=O) groups excluding carboxylic acids is 1. The molecule has 1 rings (SSSR count). The van der Waals surface area contributed by atoms with Crippen molar-refractivity contribution in [1.82, 2.24) is 4.90 Å². The van der Waals surface area contributed by atoms with Crippen molar-refractivity contribution >= 4 is 11.6 Å². The van der Waals surface area contributed by atoms with Gasteiger partial charge in [-0.2, -0.15) is 4.39 Å². The third-order valence-corrected chi connectivity index (χ3v) is 2.61. The highest BCUT2D eigenvalue weighted by Crippen LogP contribution is 2.22. The number of nitrogens with zero attached hydrogens (tertiary/aromatic N) is 2. The normalized spacial score (nSPS) is 10.4. The molecule has 0 atom stereocenters. The minimum absolute atomic E-state index is 0.0231. The summed E-state index contributed by atoms with van der Waals surface area (Å²) in [5, 5.41) is 19.3. The number of hydrogen-bond acceptors (Lipinski definition) is 4. The van der Waals surface area contributed by atoms with E-state index in [1.165, 1.54) is 0 Å². The maximum Gasteiger partial charge on any atom is 0.307 e. The summed E-state index contributed by atoms with van der Waals surface area (Å²) in [5.74, 6) is -3.26. The second-order valence-electron chi connectivity index (χ2n) is 4.06. The fourth-order valence-electron chi connectivity index (χ4n) is 1.72. The van der Waals surface area contributed by atoms with Gasteiger partial charge < -0.3 is 10.0 Å². The summed E-state index contributed by atoms with van der Waals surface area (Å²) in [7, 11) is 0. The molecule has 20 heavy (non-hydrogen) atoms. The average Bonchev–Trinajstić information content (AvgIpc) is 2.39. The summed E-state index contributed by atoms with van der Waals surface area (Å²) in [5.41, 5.74) is -1.61. The van der Waals surface area contributed by atoms with Crippen LogP contribution in [0.5, 0.6) is 0 Å². The van der Waals surface area contributed by atoms with Crippen molar-refractivity contribution in [3.8, 4) is 0 Å². The average molecular weight is 288 g/mol. The van der Waals surface area contributed by atoms with Gasteiger partial charge in [-0.3, -0.25) is 14.9 Å². The fraction of sp³-hybridized carbons (Fsp3) is 0.417. The van der Waals surface area contributed by atoms with E-state index in [0.29, 0.717) is 18.6 Å². The van der Waals surface area contributed by atoms with E-state index in [1.54, 1.807) is 6.92 Å². The number of halogens is 2. The molecule has 0 aliphatic carbocycles. The summed E-state index contributed by atoms with van der Waals surface area (Å²) in [6, 6.07) is 0.890. The Morgan fingerprint density at radius 2 is 2.00 bits per heavy atom. The van der Waals surface area contributed by atoms with E-state index in [9.17, 15) is 23.7 Å². The molecule has 8 heteroatoms. The van der Waals surface area contributed by atoms with Gasteiger partial charge in [0.1, 0.15) is 5.82 Å². The lowest BCUT2D eigenvalue weighted by atomic mass is 10.1. The molecule has 0 unspecified atom stereocenters. The molecule has 0 aliphatic rings. The molecular weight excluding hydrogens is 274 g/mol. The van der Waals surface area contributed by atoms with Crippen molar-refractivity contribution in [2.24, 2.45) is 0 Å². The molecule has 110 valence electrons. The standard InChI is InChI=1S/C12H14F2N2O4/c1-2-3-15(4-5-17)12(18)8-6-10(14)11(16(19)20)7-9(8)13/h6-7,17H,2-5H2,1H3. The van der Waals surface area contributed by atoms with E-state index in [1.807, 2.05) is 0 Å². The van der Waals surface area contributed by atoms with E-state index in [2.05, 4.69) is 0 Å². The third kappa shape index (κ3) is 3.47. The SMILES string of the molecule is CCCN(CCO)C(=O)c1cc(F)c([N+](=O)[O-])cc1F. The smallest absolute Gasteiger partial charge is 0.307 e. The van der Waals surface area contributed by atoms with Gasteiger partial charge in [0.05, 0.1) is 23.2 Å². The molecule has 0 radical (unpaired) electrons. The first-order valence-corrected chi connectivity index (χ1v) is 5.95. The van der Waals surface area contributed by atoms with Crippen molar-refractivity contribution in [2.75, 3.05) is 19.7 Å². The van der Waals surface area contributed by atoms with Crippen molar-refractivity contribution in [1.29, 1.82) is 0 Å². The summed E-state index contributed by atoms with van der Waals surface area (Å²) in [6.07, 6.45) is 0.572. The number of nitro groups is 1. The quantitative estimate of drug-likeness (QED) is 0.638. The third-order valence-electron chi connectivity index (χ3n) is 2.61. The first kappa shape index (κ1) is 16.0. The lowest BCUT2D eigenvalue weighted by Gasteiger charge is -2.21. The van der Waals surface area contributed by atoms with E-state index in [0.717, 1.165) is 4.90 Å². The molecule has 1 N–H and O–H groups in total. The molecule has 0 saturated carbocycles. The topological polar surface area (TPSA) is 83.7 Å². The van der Waals surface area contributed by atoms with Crippen LogP contribution in [0.25, 0.3) is 0 Å². The van der Waals surface area contributed by atoms with Gasteiger partial charge in [0.15, 0.2) is 0 Å². The van der Waals surface area contributed by atoms with Crippen LogP contribution in [0.15, 0.2) is 12.1 Å². The first-order valence-electron chi connectivity index (χ1n) is 5.95. The Bertz CT molecular complexity index is 516. The summed E-state index contributed by atoms with van der Waals surface area (Å²) in [4.78, 5) is 22.6. The minimum atomic E-state index is -1.28. The molecule has 0 spiro atoms. The molecule has 0 aromatic heterocycles. The van der Waals surface area contributed by atoms with Gasteiger partial charge in [-0.05, 0) is 12.5 Å². The second kappa shape index (κ2) is 6.90. The zero-order chi connectivity index (χ0) is 15.3. The molecule has 0 saturated heterocycles. The van der Waals surface area contributed by atoms with Gasteiger partial charge in [0.2, 0.25) is 5.82 Å². The highest BCUT2D eigenvalue weighted by molar-refractivity contribution is 5.94. The van der Waals surface area contributed by atoms with Crippen molar-refractivity contribution in [3.63, 3.8) is 0 Å². The number of aliphatic hydroxyl groups is 1. The van der Waals surface area contributed by atoms with Gasteiger partial charge in [-0.25, -0.2) is 4.39 Å². The van der Waals surface area contributed by atoms with Crippen LogP contribution in [0.3, 0.4) is 0 Å². The van der Waals surface area contributed by atoms with Crippen molar-refractivity contribution in [2.45, 2.75) is 13.3 Å².